The van der Waals surface area contributed by atoms with E-state index in [0.29, 0.717) is 25.8 Å². The van der Waals surface area contributed by atoms with Gasteiger partial charge in [-0.1, -0.05) is 13.8 Å². The van der Waals surface area contributed by atoms with E-state index in [2.05, 4.69) is 10.6 Å². The number of alkyl halides is 2. The van der Waals surface area contributed by atoms with Crippen molar-refractivity contribution in [2.24, 2.45) is 11.8 Å². The molecule has 1 amide bonds. The van der Waals surface area contributed by atoms with Crippen LogP contribution in [0.25, 0.3) is 0 Å². The highest BCUT2D eigenvalue weighted by Gasteiger charge is 2.47. The van der Waals surface area contributed by atoms with Crippen molar-refractivity contribution in [1.29, 1.82) is 0 Å². The second-order valence-electron chi connectivity index (χ2n) is 8.98. The topological polar surface area (TPSA) is 111 Å². The van der Waals surface area contributed by atoms with Gasteiger partial charge in [-0.15, -0.1) is 11.8 Å². The van der Waals surface area contributed by atoms with Crippen LogP contribution in [0.5, 0.6) is 0 Å². The Bertz CT molecular complexity index is 564. The van der Waals surface area contributed by atoms with Crippen LogP contribution in [0.3, 0.4) is 0 Å². The molecule has 0 aromatic carbocycles. The molecule has 0 spiro atoms. The normalized spacial score (nSPS) is 36.1. The molecule has 0 aliphatic carbocycles. The molecule has 0 saturated carbocycles. The van der Waals surface area contributed by atoms with Crippen LogP contribution in [0, 0.1) is 11.8 Å². The zero-order valence-electron chi connectivity index (χ0n) is 18.1. The molecule has 2 aliphatic rings. The number of amides is 1. The summed E-state index contributed by atoms with van der Waals surface area (Å²) >= 11 is 1.22. The fourth-order valence-electron chi connectivity index (χ4n) is 4.19. The number of carbonyl (C=O) groups excluding carboxylic acids is 1. The number of aliphatic hydroxyl groups is 3. The second-order valence-corrected chi connectivity index (χ2v) is 9.92. The van der Waals surface area contributed by atoms with Gasteiger partial charge < -0.3 is 30.7 Å². The highest BCUT2D eigenvalue weighted by atomic mass is 32.2. The minimum atomic E-state index is -2.67. The number of hydrogen-bond donors (Lipinski definition) is 5. The lowest BCUT2D eigenvalue weighted by Gasteiger charge is -2.44. The standard InChI is InChI=1S/C20H36F2N2O5S/c1-10(2)13(17-15(26)14(25)16(27)19(29-17)30-4)24-18(28)12-8-11(9-23-12)6-5-7-20(3,21)22/h10-17,19,23,25-27H,5-9H2,1-4H3,(H,24,28). The Kier molecular flexibility index (Phi) is 9.33. The highest BCUT2D eigenvalue weighted by Crippen LogP contribution is 2.31. The van der Waals surface area contributed by atoms with E-state index >= 15 is 0 Å². The first kappa shape index (κ1) is 25.7. The van der Waals surface area contributed by atoms with Gasteiger partial charge in [0.2, 0.25) is 11.8 Å². The van der Waals surface area contributed by atoms with Crippen LogP contribution in [-0.4, -0.2) is 81.9 Å². The first-order valence-electron chi connectivity index (χ1n) is 10.6. The van der Waals surface area contributed by atoms with Crippen LogP contribution in [0.2, 0.25) is 0 Å². The van der Waals surface area contributed by atoms with Crippen molar-refractivity contribution in [1.82, 2.24) is 10.6 Å². The molecule has 8 unspecified atom stereocenters. The van der Waals surface area contributed by atoms with Gasteiger partial charge in [0, 0.05) is 6.42 Å². The number of hydrogen-bond acceptors (Lipinski definition) is 7. The zero-order valence-corrected chi connectivity index (χ0v) is 18.9. The third-order valence-electron chi connectivity index (χ3n) is 5.99. The van der Waals surface area contributed by atoms with Gasteiger partial charge in [0.25, 0.3) is 0 Å². The molecule has 0 aromatic rings. The molecule has 2 rings (SSSR count). The summed E-state index contributed by atoms with van der Waals surface area (Å²) in [6.45, 7) is 5.27. The van der Waals surface area contributed by atoms with E-state index in [0.717, 1.165) is 6.92 Å². The van der Waals surface area contributed by atoms with Crippen LogP contribution >= 0.6 is 11.8 Å². The summed E-state index contributed by atoms with van der Waals surface area (Å²) in [7, 11) is 0. The lowest BCUT2D eigenvalue weighted by Crippen LogP contribution is -2.64. The van der Waals surface area contributed by atoms with E-state index in [1.807, 2.05) is 13.8 Å². The van der Waals surface area contributed by atoms with Crippen molar-refractivity contribution in [3.63, 3.8) is 0 Å². The van der Waals surface area contributed by atoms with Crippen molar-refractivity contribution in [3.05, 3.63) is 0 Å². The number of rotatable bonds is 9. The van der Waals surface area contributed by atoms with E-state index < -0.39 is 47.9 Å². The zero-order chi connectivity index (χ0) is 22.6. The molecule has 10 heteroatoms. The summed E-state index contributed by atoms with van der Waals surface area (Å²) in [5.74, 6) is -2.84. The molecule has 0 radical (unpaired) electrons. The largest absolute Gasteiger partial charge is 0.388 e. The monoisotopic (exact) mass is 454 g/mol. The van der Waals surface area contributed by atoms with Gasteiger partial charge in [-0.25, -0.2) is 8.78 Å². The van der Waals surface area contributed by atoms with Gasteiger partial charge >= 0.3 is 0 Å². The number of nitrogens with one attached hydrogen (secondary N) is 2. The van der Waals surface area contributed by atoms with Crippen molar-refractivity contribution in [2.75, 3.05) is 12.8 Å². The highest BCUT2D eigenvalue weighted by molar-refractivity contribution is 7.99. The van der Waals surface area contributed by atoms with Gasteiger partial charge in [0.1, 0.15) is 29.9 Å². The number of halogens is 2. The smallest absolute Gasteiger partial charge is 0.245 e. The molecular weight excluding hydrogens is 418 g/mol. The average molecular weight is 455 g/mol. The molecule has 30 heavy (non-hydrogen) atoms. The minimum absolute atomic E-state index is 0.0949. The summed E-state index contributed by atoms with van der Waals surface area (Å²) < 4.78 is 31.8. The van der Waals surface area contributed by atoms with Gasteiger partial charge in [-0.3, -0.25) is 4.79 Å². The number of thioether (sulfide) groups is 1. The number of aliphatic hydroxyl groups excluding tert-OH is 3. The first-order chi connectivity index (χ1) is 13.9. The average Bonchev–Trinajstić information content (AvgIpc) is 3.12. The molecule has 8 atom stereocenters. The Morgan fingerprint density at radius 2 is 1.93 bits per heavy atom. The second kappa shape index (κ2) is 10.9. The summed E-state index contributed by atoms with van der Waals surface area (Å²) in [6.07, 6.45) is -1.60. The molecule has 0 aromatic heterocycles. The van der Waals surface area contributed by atoms with Crippen LogP contribution in [-0.2, 0) is 9.53 Å². The van der Waals surface area contributed by atoms with E-state index in [1.54, 1.807) is 6.26 Å². The van der Waals surface area contributed by atoms with Crippen molar-refractivity contribution >= 4 is 17.7 Å². The van der Waals surface area contributed by atoms with Crippen LogP contribution in [0.15, 0.2) is 0 Å². The lowest BCUT2D eigenvalue weighted by molar-refractivity contribution is -0.208. The minimum Gasteiger partial charge on any atom is -0.388 e. The maximum atomic E-state index is 13.0. The maximum Gasteiger partial charge on any atom is 0.245 e. The Balaban J connectivity index is 1.94. The third-order valence-corrected chi connectivity index (χ3v) is 6.84. The number of carbonyl (C=O) groups is 1. The quantitative estimate of drug-likeness (QED) is 0.355. The Hall–Kier alpha value is -0.520. The third kappa shape index (κ3) is 6.74. The van der Waals surface area contributed by atoms with Gasteiger partial charge in [-0.2, -0.15) is 0 Å². The Morgan fingerprint density at radius 1 is 1.27 bits per heavy atom. The van der Waals surface area contributed by atoms with Crippen molar-refractivity contribution < 1.29 is 33.6 Å². The summed E-state index contributed by atoms with van der Waals surface area (Å²) in [4.78, 5) is 12.8. The molecule has 5 N–H and O–H groups in total. The predicted octanol–water partition coefficient (Wildman–Crippen LogP) is 1.10. The summed E-state index contributed by atoms with van der Waals surface area (Å²) in [5.41, 5.74) is -0.711. The molecule has 176 valence electrons. The first-order valence-corrected chi connectivity index (χ1v) is 11.9. The molecule has 0 bridgehead atoms. The van der Waals surface area contributed by atoms with E-state index in [9.17, 15) is 28.9 Å². The number of ether oxygens (including phenoxy) is 1. The molecule has 7 nitrogen and oxygen atoms in total. The molecule has 2 saturated heterocycles. The molecule has 2 aliphatic heterocycles. The lowest BCUT2D eigenvalue weighted by atomic mass is 9.88. The summed E-state index contributed by atoms with van der Waals surface area (Å²) in [6, 6.07) is -1.00. The molecular formula is C20H36F2N2O5S. The molecule has 2 heterocycles. The predicted molar refractivity (Wildman–Crippen MR) is 111 cm³/mol. The van der Waals surface area contributed by atoms with E-state index in [-0.39, 0.29) is 24.2 Å². The summed E-state index contributed by atoms with van der Waals surface area (Å²) in [5, 5.41) is 36.8. The SMILES string of the molecule is CSC1OC(C(NC(=O)C2CC(CCCC(C)(F)F)CN2)C(C)C)C(O)C(O)C1O. The molecule has 2 fully saturated rings. The van der Waals surface area contributed by atoms with Crippen LogP contribution in [0.1, 0.15) is 46.5 Å². The maximum absolute atomic E-state index is 13.0. The van der Waals surface area contributed by atoms with E-state index in [1.165, 1.54) is 11.8 Å². The Morgan fingerprint density at radius 3 is 2.50 bits per heavy atom. The Labute approximate surface area is 181 Å². The van der Waals surface area contributed by atoms with Gasteiger partial charge in [0.05, 0.1) is 12.1 Å². The van der Waals surface area contributed by atoms with Crippen molar-refractivity contribution in [2.45, 2.75) is 94.3 Å². The van der Waals surface area contributed by atoms with E-state index in [4.69, 9.17) is 4.74 Å². The van der Waals surface area contributed by atoms with Crippen LogP contribution in [0.4, 0.5) is 8.78 Å². The van der Waals surface area contributed by atoms with Gasteiger partial charge in [-0.05, 0) is 50.8 Å². The fraction of sp³-hybridized carbons (Fsp3) is 0.950. The van der Waals surface area contributed by atoms with Crippen LogP contribution < -0.4 is 10.6 Å². The van der Waals surface area contributed by atoms with Gasteiger partial charge in [0.15, 0.2) is 0 Å². The fourth-order valence-corrected chi connectivity index (χ4v) is 4.87. The van der Waals surface area contributed by atoms with Crippen molar-refractivity contribution in [3.8, 4) is 0 Å².